The molecule has 1 N–H and O–H groups in total. The first-order valence-electron chi connectivity index (χ1n) is 11.3. The van der Waals surface area contributed by atoms with E-state index in [-0.39, 0.29) is 5.91 Å². The van der Waals surface area contributed by atoms with E-state index in [9.17, 15) is 4.79 Å². The summed E-state index contributed by atoms with van der Waals surface area (Å²) in [5.74, 6) is 1.09. The zero-order valence-electron chi connectivity index (χ0n) is 18.7. The number of anilines is 1. The molecule has 1 amide bonds. The van der Waals surface area contributed by atoms with Gasteiger partial charge in [0.05, 0.1) is 33.3 Å². The van der Waals surface area contributed by atoms with Crippen LogP contribution >= 0.6 is 0 Å². The fraction of sp³-hybridized carbons (Fsp3) is 0.296. The molecule has 1 heterocycles. The zero-order valence-corrected chi connectivity index (χ0v) is 18.7. The lowest BCUT2D eigenvalue weighted by Crippen LogP contribution is -3.15. The highest BCUT2D eigenvalue weighted by Gasteiger charge is 2.25. The minimum Gasteiger partial charge on any atom is -0.497 e. The fourth-order valence-electron chi connectivity index (χ4n) is 4.23. The summed E-state index contributed by atoms with van der Waals surface area (Å²) < 4.78 is 5.36. The van der Waals surface area contributed by atoms with Crippen LogP contribution in [0.3, 0.4) is 0 Å². The number of amides is 1. The van der Waals surface area contributed by atoms with Gasteiger partial charge in [-0.05, 0) is 23.3 Å². The molecule has 166 valence electrons. The molecule has 1 fully saturated rings. The van der Waals surface area contributed by atoms with Crippen LogP contribution in [-0.2, 0) is 17.9 Å². The Morgan fingerprint density at radius 3 is 2.03 bits per heavy atom. The van der Waals surface area contributed by atoms with Gasteiger partial charge in [0.25, 0.3) is 5.91 Å². The molecule has 1 aliphatic heterocycles. The fourth-order valence-corrected chi connectivity index (χ4v) is 4.23. The molecular weight excluding hydrogens is 398 g/mol. The number of benzene rings is 3. The number of nitrogens with one attached hydrogen (secondary N) is 1. The Morgan fingerprint density at radius 1 is 0.875 bits per heavy atom. The normalized spacial score (nSPS) is 14.2. The molecule has 0 spiro atoms. The number of ether oxygens (including phenoxy) is 1. The predicted molar refractivity (Wildman–Crippen MR) is 128 cm³/mol. The molecule has 0 aromatic heterocycles. The van der Waals surface area contributed by atoms with Crippen molar-refractivity contribution >= 4 is 11.6 Å². The number of methoxy groups -OCH3 is 1. The lowest BCUT2D eigenvalue weighted by Gasteiger charge is -2.34. The van der Waals surface area contributed by atoms with Gasteiger partial charge >= 0.3 is 0 Å². The Labute approximate surface area is 190 Å². The molecule has 0 bridgehead atoms. The van der Waals surface area contributed by atoms with Crippen molar-refractivity contribution < 1.29 is 14.4 Å². The number of piperazine rings is 1. The van der Waals surface area contributed by atoms with Gasteiger partial charge < -0.3 is 19.4 Å². The quantitative estimate of drug-likeness (QED) is 0.597. The molecule has 0 atom stereocenters. The number of hydrogen-bond acceptors (Lipinski definition) is 3. The number of nitrogens with zero attached hydrogens (tertiary/aromatic N) is 2. The van der Waals surface area contributed by atoms with Crippen LogP contribution < -0.4 is 14.5 Å². The minimum atomic E-state index is 0.211. The first-order valence-corrected chi connectivity index (χ1v) is 11.3. The van der Waals surface area contributed by atoms with Crippen LogP contribution in [0, 0.1) is 0 Å². The lowest BCUT2D eigenvalue weighted by molar-refractivity contribution is -0.892. The van der Waals surface area contributed by atoms with Crippen molar-refractivity contribution in [3.05, 3.63) is 96.1 Å². The maximum Gasteiger partial charge on any atom is 0.278 e. The summed E-state index contributed by atoms with van der Waals surface area (Å²) >= 11 is 0. The number of carbonyl (C=O) groups excluding carboxylic acids is 1. The summed E-state index contributed by atoms with van der Waals surface area (Å²) in [5, 5.41) is 0. The molecule has 4 rings (SSSR count). The summed E-state index contributed by atoms with van der Waals surface area (Å²) in [6.45, 7) is 5.59. The summed E-state index contributed by atoms with van der Waals surface area (Å²) in [4.78, 5) is 19.0. The summed E-state index contributed by atoms with van der Waals surface area (Å²) in [6, 6.07) is 28.7. The largest absolute Gasteiger partial charge is 0.497 e. The Morgan fingerprint density at radius 2 is 1.47 bits per heavy atom. The molecule has 0 unspecified atom stereocenters. The van der Waals surface area contributed by atoms with Crippen molar-refractivity contribution in [1.29, 1.82) is 0 Å². The average Bonchev–Trinajstić information content (AvgIpc) is 2.85. The van der Waals surface area contributed by atoms with E-state index in [2.05, 4.69) is 41.3 Å². The maximum atomic E-state index is 13.3. The van der Waals surface area contributed by atoms with Gasteiger partial charge in [0.1, 0.15) is 5.75 Å². The van der Waals surface area contributed by atoms with E-state index >= 15 is 0 Å². The van der Waals surface area contributed by atoms with Crippen LogP contribution in [0.2, 0.25) is 0 Å². The van der Waals surface area contributed by atoms with Crippen molar-refractivity contribution in [2.24, 2.45) is 0 Å². The van der Waals surface area contributed by atoms with Gasteiger partial charge in [-0.25, -0.2) is 0 Å². The van der Waals surface area contributed by atoms with E-state index in [0.29, 0.717) is 19.6 Å². The highest BCUT2D eigenvalue weighted by atomic mass is 16.5. The van der Waals surface area contributed by atoms with Crippen LogP contribution in [0.4, 0.5) is 5.69 Å². The van der Waals surface area contributed by atoms with Gasteiger partial charge in [0, 0.05) is 24.8 Å². The third kappa shape index (κ3) is 5.89. The lowest BCUT2D eigenvalue weighted by atomic mass is 10.1. The van der Waals surface area contributed by atoms with Crippen molar-refractivity contribution in [3.8, 4) is 5.75 Å². The number of rotatable bonds is 8. The SMILES string of the molecule is COc1cccc(N2CC[NH+](CC(=O)N(Cc3ccccc3)Cc3ccccc3)CC2)c1. The molecule has 0 radical (unpaired) electrons. The standard InChI is InChI=1S/C27H31N3O2/c1-32-26-14-8-13-25(19-26)29-17-15-28(16-18-29)22-27(31)30(20-23-9-4-2-5-10-23)21-24-11-6-3-7-12-24/h2-14,19H,15-18,20-22H2,1H3/p+1. The molecule has 1 aliphatic rings. The van der Waals surface area contributed by atoms with Crippen LogP contribution in [0.5, 0.6) is 5.75 Å². The molecular formula is C27H32N3O2+. The van der Waals surface area contributed by atoms with E-state index in [1.165, 1.54) is 10.6 Å². The van der Waals surface area contributed by atoms with Gasteiger partial charge in [-0.15, -0.1) is 0 Å². The molecule has 32 heavy (non-hydrogen) atoms. The number of carbonyl (C=O) groups is 1. The molecule has 3 aromatic carbocycles. The van der Waals surface area contributed by atoms with Gasteiger partial charge in [-0.2, -0.15) is 0 Å². The molecule has 3 aromatic rings. The van der Waals surface area contributed by atoms with Crippen molar-refractivity contribution in [2.75, 3.05) is 44.7 Å². The predicted octanol–water partition coefficient (Wildman–Crippen LogP) is 2.63. The van der Waals surface area contributed by atoms with Gasteiger partial charge in [-0.1, -0.05) is 66.7 Å². The van der Waals surface area contributed by atoms with Crippen LogP contribution in [0.15, 0.2) is 84.9 Å². The third-order valence-electron chi connectivity index (χ3n) is 6.08. The first-order chi connectivity index (χ1) is 15.7. The molecule has 1 saturated heterocycles. The van der Waals surface area contributed by atoms with E-state index in [4.69, 9.17) is 4.74 Å². The minimum absolute atomic E-state index is 0.211. The summed E-state index contributed by atoms with van der Waals surface area (Å²) in [7, 11) is 1.70. The molecule has 0 saturated carbocycles. The summed E-state index contributed by atoms with van der Waals surface area (Å²) in [6.07, 6.45) is 0. The smallest absolute Gasteiger partial charge is 0.278 e. The number of hydrogen-bond donors (Lipinski definition) is 1. The van der Waals surface area contributed by atoms with Crippen molar-refractivity contribution in [2.45, 2.75) is 13.1 Å². The summed E-state index contributed by atoms with van der Waals surface area (Å²) in [5.41, 5.74) is 3.51. The second-order valence-electron chi connectivity index (χ2n) is 8.34. The molecule has 0 aliphatic carbocycles. The van der Waals surface area contributed by atoms with Crippen LogP contribution in [-0.4, -0.2) is 50.6 Å². The van der Waals surface area contributed by atoms with Gasteiger partial charge in [0.2, 0.25) is 0 Å². The monoisotopic (exact) mass is 430 g/mol. The van der Waals surface area contributed by atoms with Crippen molar-refractivity contribution in [3.63, 3.8) is 0 Å². The Bertz CT molecular complexity index is 945. The van der Waals surface area contributed by atoms with E-state index in [1.807, 2.05) is 53.4 Å². The first kappa shape index (κ1) is 21.9. The second-order valence-corrected chi connectivity index (χ2v) is 8.34. The Balaban J connectivity index is 1.37. The van der Waals surface area contributed by atoms with Crippen LogP contribution in [0.1, 0.15) is 11.1 Å². The van der Waals surface area contributed by atoms with Gasteiger partial charge in [0.15, 0.2) is 6.54 Å². The van der Waals surface area contributed by atoms with E-state index < -0.39 is 0 Å². The van der Waals surface area contributed by atoms with E-state index in [1.54, 1.807) is 7.11 Å². The van der Waals surface area contributed by atoms with E-state index in [0.717, 1.165) is 43.1 Å². The van der Waals surface area contributed by atoms with Crippen molar-refractivity contribution in [1.82, 2.24) is 4.90 Å². The zero-order chi connectivity index (χ0) is 22.2. The average molecular weight is 431 g/mol. The van der Waals surface area contributed by atoms with Crippen LogP contribution in [0.25, 0.3) is 0 Å². The van der Waals surface area contributed by atoms with Gasteiger partial charge in [-0.3, -0.25) is 4.79 Å². The maximum absolute atomic E-state index is 13.3. The molecule has 5 nitrogen and oxygen atoms in total. The number of quaternary nitrogens is 1. The third-order valence-corrected chi connectivity index (χ3v) is 6.08. The Hall–Kier alpha value is -3.31. The highest BCUT2D eigenvalue weighted by molar-refractivity contribution is 5.77. The molecule has 5 heteroatoms. The highest BCUT2D eigenvalue weighted by Crippen LogP contribution is 2.20. The Kier molecular flexibility index (Phi) is 7.41. The second kappa shape index (κ2) is 10.8. The topological polar surface area (TPSA) is 37.2 Å².